The molecule has 0 N–H and O–H groups in total. The zero-order chi connectivity index (χ0) is 6.20. The van der Waals surface area contributed by atoms with E-state index in [0.29, 0.717) is 5.41 Å². The maximum atomic E-state index is 5.67. The van der Waals surface area contributed by atoms with Gasteiger partial charge in [0.15, 0.2) is 0 Å². The monoisotopic (exact) mass is 152 g/mol. The molecule has 0 saturated heterocycles. The summed E-state index contributed by atoms with van der Waals surface area (Å²) in [5, 5.41) is 0. The third-order valence-corrected chi connectivity index (χ3v) is 3.19. The third-order valence-electron chi connectivity index (χ3n) is 2.13. The van der Waals surface area contributed by atoms with Gasteiger partial charge >= 0.3 is 0 Å². The molecule has 1 atom stereocenters. The van der Waals surface area contributed by atoms with Crippen molar-refractivity contribution in [1.29, 1.82) is 0 Å². The van der Waals surface area contributed by atoms with Gasteiger partial charge < -0.3 is 0 Å². The van der Waals surface area contributed by atoms with Crippen LogP contribution in [0.25, 0.3) is 0 Å². The van der Waals surface area contributed by atoms with Gasteiger partial charge in [-0.25, -0.2) is 0 Å². The predicted molar refractivity (Wildman–Crippen MR) is 37.7 cm³/mol. The van der Waals surface area contributed by atoms with Gasteiger partial charge in [0, 0.05) is 17.2 Å². The van der Waals surface area contributed by atoms with E-state index in [1.807, 2.05) is 0 Å². The SMILES string of the molecule is CC1CC1(CCl)CCl. The molecule has 0 aromatic carbocycles. The molecule has 2 heteroatoms. The Morgan fingerprint density at radius 3 is 1.88 bits per heavy atom. The summed E-state index contributed by atoms with van der Waals surface area (Å²) in [5.41, 5.74) is 0.323. The fourth-order valence-electron chi connectivity index (χ4n) is 0.959. The molecule has 1 fully saturated rings. The van der Waals surface area contributed by atoms with Crippen molar-refractivity contribution in [2.24, 2.45) is 11.3 Å². The normalized spacial score (nSPS) is 32.6. The Bertz CT molecular complexity index is 81.0. The maximum Gasteiger partial charge on any atom is 0.0294 e. The van der Waals surface area contributed by atoms with Crippen molar-refractivity contribution in [2.75, 3.05) is 11.8 Å². The van der Waals surface area contributed by atoms with Crippen LogP contribution in [0.4, 0.5) is 0 Å². The fourth-order valence-corrected chi connectivity index (χ4v) is 1.99. The van der Waals surface area contributed by atoms with E-state index in [4.69, 9.17) is 23.2 Å². The van der Waals surface area contributed by atoms with Crippen LogP contribution in [0.2, 0.25) is 0 Å². The number of rotatable bonds is 2. The van der Waals surface area contributed by atoms with E-state index < -0.39 is 0 Å². The molecule has 1 aliphatic rings. The fraction of sp³-hybridized carbons (Fsp3) is 1.00. The summed E-state index contributed by atoms with van der Waals surface area (Å²) in [6.45, 7) is 2.20. The highest BCUT2D eigenvalue weighted by Crippen LogP contribution is 2.53. The molecule has 0 radical (unpaired) electrons. The van der Waals surface area contributed by atoms with Crippen molar-refractivity contribution in [3.8, 4) is 0 Å². The average Bonchev–Trinajstić information content (AvgIpc) is 2.43. The molecule has 0 amide bonds. The van der Waals surface area contributed by atoms with E-state index in [-0.39, 0.29) is 0 Å². The van der Waals surface area contributed by atoms with Crippen LogP contribution in [-0.2, 0) is 0 Å². The molecule has 0 spiro atoms. The molecule has 1 rings (SSSR count). The van der Waals surface area contributed by atoms with E-state index in [2.05, 4.69) is 6.92 Å². The quantitative estimate of drug-likeness (QED) is 0.534. The molecule has 1 aliphatic carbocycles. The van der Waals surface area contributed by atoms with Crippen molar-refractivity contribution < 1.29 is 0 Å². The van der Waals surface area contributed by atoms with E-state index in [1.165, 1.54) is 6.42 Å². The molecule has 8 heavy (non-hydrogen) atoms. The second kappa shape index (κ2) is 2.07. The zero-order valence-corrected chi connectivity index (χ0v) is 6.47. The highest BCUT2D eigenvalue weighted by atomic mass is 35.5. The highest BCUT2D eigenvalue weighted by molar-refractivity contribution is 6.21. The van der Waals surface area contributed by atoms with Gasteiger partial charge in [0.25, 0.3) is 0 Å². The minimum atomic E-state index is 0.323. The van der Waals surface area contributed by atoms with Crippen LogP contribution >= 0.6 is 23.2 Å². The van der Waals surface area contributed by atoms with Gasteiger partial charge in [-0.2, -0.15) is 0 Å². The first-order valence-corrected chi connectivity index (χ1v) is 3.94. The molecule has 0 aromatic heterocycles. The predicted octanol–water partition coefficient (Wildman–Crippen LogP) is 2.49. The summed E-state index contributed by atoms with van der Waals surface area (Å²) in [5.74, 6) is 2.23. The Morgan fingerprint density at radius 1 is 1.50 bits per heavy atom. The molecular formula is C6H10Cl2. The molecule has 0 heterocycles. The Kier molecular flexibility index (Phi) is 1.74. The van der Waals surface area contributed by atoms with E-state index in [1.54, 1.807) is 0 Å². The van der Waals surface area contributed by atoms with E-state index in [0.717, 1.165) is 17.7 Å². The third kappa shape index (κ3) is 0.844. The summed E-state index contributed by atoms with van der Waals surface area (Å²) in [7, 11) is 0. The van der Waals surface area contributed by atoms with Crippen molar-refractivity contribution in [1.82, 2.24) is 0 Å². The Balaban J connectivity index is 2.39. The van der Waals surface area contributed by atoms with Crippen LogP contribution < -0.4 is 0 Å². The maximum absolute atomic E-state index is 5.67. The van der Waals surface area contributed by atoms with Crippen LogP contribution in [0, 0.1) is 11.3 Å². The summed E-state index contributed by atoms with van der Waals surface area (Å²) in [6.07, 6.45) is 1.22. The van der Waals surface area contributed by atoms with Crippen LogP contribution in [-0.4, -0.2) is 11.8 Å². The second-order valence-corrected chi connectivity index (χ2v) is 3.27. The average molecular weight is 153 g/mol. The lowest BCUT2D eigenvalue weighted by Crippen LogP contribution is -2.06. The van der Waals surface area contributed by atoms with Crippen LogP contribution in [0.3, 0.4) is 0 Å². The van der Waals surface area contributed by atoms with Crippen LogP contribution in [0.1, 0.15) is 13.3 Å². The molecule has 1 unspecified atom stereocenters. The molecule has 0 nitrogen and oxygen atoms in total. The van der Waals surface area contributed by atoms with Gasteiger partial charge in [0.2, 0.25) is 0 Å². The Morgan fingerprint density at radius 2 is 1.88 bits per heavy atom. The molecular weight excluding hydrogens is 143 g/mol. The van der Waals surface area contributed by atoms with E-state index in [9.17, 15) is 0 Å². The number of hydrogen-bond acceptors (Lipinski definition) is 0. The number of hydrogen-bond donors (Lipinski definition) is 0. The number of halogens is 2. The minimum absolute atomic E-state index is 0.323. The second-order valence-electron chi connectivity index (χ2n) is 2.73. The lowest BCUT2D eigenvalue weighted by atomic mass is 10.1. The van der Waals surface area contributed by atoms with Gasteiger partial charge in [0.05, 0.1) is 0 Å². The Labute approximate surface area is 60.2 Å². The lowest BCUT2D eigenvalue weighted by Gasteiger charge is -2.04. The van der Waals surface area contributed by atoms with Crippen LogP contribution in [0.15, 0.2) is 0 Å². The summed E-state index contributed by atoms with van der Waals surface area (Å²) in [4.78, 5) is 0. The van der Waals surface area contributed by atoms with Gasteiger partial charge in [-0.05, 0) is 12.3 Å². The van der Waals surface area contributed by atoms with Gasteiger partial charge in [0.1, 0.15) is 0 Å². The van der Waals surface area contributed by atoms with Gasteiger partial charge in [-0.1, -0.05) is 6.92 Å². The van der Waals surface area contributed by atoms with E-state index >= 15 is 0 Å². The number of alkyl halides is 2. The minimum Gasteiger partial charge on any atom is -0.126 e. The first-order valence-electron chi connectivity index (χ1n) is 2.87. The van der Waals surface area contributed by atoms with Crippen molar-refractivity contribution in [3.63, 3.8) is 0 Å². The molecule has 0 aliphatic heterocycles. The smallest absolute Gasteiger partial charge is 0.0294 e. The zero-order valence-electron chi connectivity index (χ0n) is 4.95. The molecule has 0 bridgehead atoms. The lowest BCUT2D eigenvalue weighted by molar-refractivity contribution is 0.601. The largest absolute Gasteiger partial charge is 0.126 e. The standard InChI is InChI=1S/C6H10Cl2/c1-5-2-6(5,3-7)4-8/h5H,2-4H2,1H3. The molecule has 1 saturated carbocycles. The first kappa shape index (κ1) is 6.70. The van der Waals surface area contributed by atoms with Gasteiger partial charge in [-0.15, -0.1) is 23.2 Å². The summed E-state index contributed by atoms with van der Waals surface area (Å²) >= 11 is 11.3. The van der Waals surface area contributed by atoms with Crippen LogP contribution in [0.5, 0.6) is 0 Å². The Hall–Kier alpha value is 0.580. The molecule has 48 valence electrons. The first-order chi connectivity index (χ1) is 3.75. The summed E-state index contributed by atoms with van der Waals surface area (Å²) < 4.78 is 0. The van der Waals surface area contributed by atoms with Crippen molar-refractivity contribution in [3.05, 3.63) is 0 Å². The van der Waals surface area contributed by atoms with Crippen molar-refractivity contribution in [2.45, 2.75) is 13.3 Å². The highest BCUT2D eigenvalue weighted by Gasteiger charge is 2.49. The summed E-state index contributed by atoms with van der Waals surface area (Å²) in [6, 6.07) is 0. The van der Waals surface area contributed by atoms with Gasteiger partial charge in [-0.3, -0.25) is 0 Å². The van der Waals surface area contributed by atoms with Crippen molar-refractivity contribution >= 4 is 23.2 Å². The topological polar surface area (TPSA) is 0 Å². The molecule has 0 aromatic rings.